The highest BCUT2D eigenvalue weighted by Gasteiger charge is 2.30. The van der Waals surface area contributed by atoms with Crippen LogP contribution < -0.4 is 10.2 Å². The molecule has 0 spiro atoms. The maximum absolute atomic E-state index is 12.6. The van der Waals surface area contributed by atoms with Crippen LogP contribution in [0.3, 0.4) is 0 Å². The molecule has 3 aromatic rings. The summed E-state index contributed by atoms with van der Waals surface area (Å²) in [6.45, 7) is 0. The molecule has 26 heavy (non-hydrogen) atoms. The van der Waals surface area contributed by atoms with E-state index in [4.69, 9.17) is 0 Å². The Morgan fingerprint density at radius 1 is 1.12 bits per heavy atom. The van der Waals surface area contributed by atoms with Crippen molar-refractivity contribution in [1.29, 1.82) is 0 Å². The highest BCUT2D eigenvalue weighted by atomic mass is 79.9. The summed E-state index contributed by atoms with van der Waals surface area (Å²) in [4.78, 5) is 41.9. The largest absolute Gasteiger partial charge is 0.298 e. The van der Waals surface area contributed by atoms with Gasteiger partial charge in [-0.25, -0.2) is 4.98 Å². The minimum atomic E-state index is -0.346. The van der Waals surface area contributed by atoms with Gasteiger partial charge < -0.3 is 0 Å². The van der Waals surface area contributed by atoms with Crippen LogP contribution in [0.4, 0.5) is 10.8 Å². The molecule has 1 aliphatic heterocycles. The first-order chi connectivity index (χ1) is 12.5. The molecule has 0 bridgehead atoms. The molecule has 1 fully saturated rings. The van der Waals surface area contributed by atoms with Crippen LogP contribution in [0.2, 0.25) is 0 Å². The zero-order valence-corrected chi connectivity index (χ0v) is 15.8. The molecule has 8 heteroatoms. The number of thiazole rings is 1. The van der Waals surface area contributed by atoms with Crippen molar-refractivity contribution in [1.82, 2.24) is 4.98 Å². The summed E-state index contributed by atoms with van der Waals surface area (Å²) in [6, 6.07) is 12.2. The second kappa shape index (κ2) is 6.62. The van der Waals surface area contributed by atoms with Gasteiger partial charge in [-0.1, -0.05) is 23.5 Å². The molecule has 2 heterocycles. The van der Waals surface area contributed by atoms with E-state index in [2.05, 4.69) is 26.2 Å². The Labute approximate surface area is 161 Å². The second-order valence-electron chi connectivity index (χ2n) is 5.73. The van der Waals surface area contributed by atoms with E-state index in [-0.39, 0.29) is 30.6 Å². The number of rotatable bonds is 3. The Morgan fingerprint density at radius 2 is 1.85 bits per heavy atom. The van der Waals surface area contributed by atoms with Gasteiger partial charge in [0.05, 0.1) is 15.9 Å². The van der Waals surface area contributed by atoms with Crippen LogP contribution in [-0.2, 0) is 9.59 Å². The standard InChI is InChI=1S/C18H12BrN3O3S/c19-12-5-2-6-13-16(12)20-18(26-13)21-17(25)10-3-1-4-11(9-10)22-14(23)7-8-15(22)24/h1-6,9H,7-8H2,(H,20,21,25). The fourth-order valence-electron chi connectivity index (χ4n) is 2.79. The van der Waals surface area contributed by atoms with E-state index in [1.54, 1.807) is 24.3 Å². The Morgan fingerprint density at radius 3 is 2.58 bits per heavy atom. The Bertz CT molecular complexity index is 1050. The Hall–Kier alpha value is -2.58. The topological polar surface area (TPSA) is 79.4 Å². The molecule has 0 saturated carbocycles. The zero-order chi connectivity index (χ0) is 18.3. The predicted octanol–water partition coefficient (Wildman–Crippen LogP) is 3.96. The molecular formula is C18H12BrN3O3S. The molecule has 4 rings (SSSR count). The van der Waals surface area contributed by atoms with Gasteiger partial charge in [0.2, 0.25) is 11.8 Å². The molecule has 1 aromatic heterocycles. The third kappa shape index (κ3) is 3.02. The van der Waals surface area contributed by atoms with Crippen molar-refractivity contribution in [2.75, 3.05) is 10.2 Å². The summed E-state index contributed by atoms with van der Waals surface area (Å²) in [5.74, 6) is -0.840. The number of carbonyl (C=O) groups is 3. The number of halogens is 1. The van der Waals surface area contributed by atoms with Crippen LogP contribution >= 0.6 is 27.3 Å². The minimum Gasteiger partial charge on any atom is -0.298 e. The van der Waals surface area contributed by atoms with Crippen molar-refractivity contribution in [2.24, 2.45) is 0 Å². The number of fused-ring (bicyclic) bond motifs is 1. The molecule has 6 nitrogen and oxygen atoms in total. The summed E-state index contributed by atoms with van der Waals surface area (Å²) in [7, 11) is 0. The number of amides is 3. The van der Waals surface area contributed by atoms with Gasteiger partial charge in [0.15, 0.2) is 5.13 Å². The predicted molar refractivity (Wildman–Crippen MR) is 103 cm³/mol. The first kappa shape index (κ1) is 16.9. The smallest absolute Gasteiger partial charge is 0.257 e. The average Bonchev–Trinajstić information content (AvgIpc) is 3.18. The molecule has 1 aliphatic rings. The van der Waals surface area contributed by atoms with E-state index in [0.29, 0.717) is 16.4 Å². The normalized spacial score (nSPS) is 14.3. The molecule has 0 atom stereocenters. The minimum absolute atomic E-state index is 0.204. The molecule has 2 aromatic carbocycles. The maximum Gasteiger partial charge on any atom is 0.257 e. The van der Waals surface area contributed by atoms with E-state index >= 15 is 0 Å². The van der Waals surface area contributed by atoms with Crippen molar-refractivity contribution < 1.29 is 14.4 Å². The SMILES string of the molecule is O=C(Nc1nc2c(Br)cccc2s1)c1cccc(N2C(=O)CCC2=O)c1. The molecule has 3 amide bonds. The number of hydrogen-bond acceptors (Lipinski definition) is 5. The van der Waals surface area contributed by atoms with Crippen molar-refractivity contribution in [3.8, 4) is 0 Å². The summed E-state index contributed by atoms with van der Waals surface area (Å²) < 4.78 is 1.82. The lowest BCUT2D eigenvalue weighted by Crippen LogP contribution is -2.28. The number of imide groups is 1. The summed E-state index contributed by atoms with van der Waals surface area (Å²) in [5.41, 5.74) is 1.56. The van der Waals surface area contributed by atoms with E-state index in [0.717, 1.165) is 19.6 Å². The van der Waals surface area contributed by atoms with E-state index in [9.17, 15) is 14.4 Å². The van der Waals surface area contributed by atoms with Gasteiger partial charge in [-0.05, 0) is 46.3 Å². The van der Waals surface area contributed by atoms with Crippen molar-refractivity contribution >= 4 is 66.0 Å². The second-order valence-corrected chi connectivity index (χ2v) is 7.62. The number of nitrogens with one attached hydrogen (secondary N) is 1. The quantitative estimate of drug-likeness (QED) is 0.638. The summed E-state index contributed by atoms with van der Waals surface area (Å²) >= 11 is 4.81. The molecular weight excluding hydrogens is 418 g/mol. The summed E-state index contributed by atoms with van der Waals surface area (Å²) in [5, 5.41) is 3.26. The van der Waals surface area contributed by atoms with Crippen molar-refractivity contribution in [2.45, 2.75) is 12.8 Å². The van der Waals surface area contributed by atoms with Gasteiger partial charge in [-0.2, -0.15) is 0 Å². The van der Waals surface area contributed by atoms with Crippen molar-refractivity contribution in [3.05, 3.63) is 52.5 Å². The lowest BCUT2D eigenvalue weighted by molar-refractivity contribution is -0.121. The molecule has 1 N–H and O–H groups in total. The van der Waals surface area contributed by atoms with Gasteiger partial charge >= 0.3 is 0 Å². The first-order valence-electron chi connectivity index (χ1n) is 7.85. The van der Waals surface area contributed by atoms with Crippen LogP contribution in [0.25, 0.3) is 10.2 Å². The van der Waals surface area contributed by atoms with Gasteiger partial charge in [0.25, 0.3) is 5.91 Å². The van der Waals surface area contributed by atoms with Gasteiger partial charge in [-0.15, -0.1) is 0 Å². The van der Waals surface area contributed by atoms with Gasteiger partial charge in [-0.3, -0.25) is 24.6 Å². The number of anilines is 2. The number of aromatic nitrogens is 1. The lowest BCUT2D eigenvalue weighted by atomic mass is 10.2. The van der Waals surface area contributed by atoms with E-state index < -0.39 is 0 Å². The fourth-order valence-corrected chi connectivity index (χ4v) is 4.26. The van der Waals surface area contributed by atoms with Crippen LogP contribution in [0, 0.1) is 0 Å². The molecule has 0 radical (unpaired) electrons. The van der Waals surface area contributed by atoms with Crippen LogP contribution in [-0.4, -0.2) is 22.7 Å². The van der Waals surface area contributed by atoms with Gasteiger partial charge in [0.1, 0.15) is 0 Å². The Kier molecular flexibility index (Phi) is 4.29. The first-order valence-corrected chi connectivity index (χ1v) is 9.46. The fraction of sp³-hybridized carbons (Fsp3) is 0.111. The molecule has 1 saturated heterocycles. The zero-order valence-electron chi connectivity index (χ0n) is 13.4. The lowest BCUT2D eigenvalue weighted by Gasteiger charge is -2.14. The monoisotopic (exact) mass is 429 g/mol. The van der Waals surface area contributed by atoms with Crippen LogP contribution in [0.15, 0.2) is 46.9 Å². The van der Waals surface area contributed by atoms with Crippen molar-refractivity contribution in [3.63, 3.8) is 0 Å². The van der Waals surface area contributed by atoms with E-state index in [1.165, 1.54) is 11.3 Å². The number of para-hydroxylation sites is 1. The number of nitrogens with zero attached hydrogens (tertiary/aromatic N) is 2. The van der Waals surface area contributed by atoms with Crippen LogP contribution in [0.1, 0.15) is 23.2 Å². The van der Waals surface area contributed by atoms with Crippen LogP contribution in [0.5, 0.6) is 0 Å². The number of hydrogen-bond donors (Lipinski definition) is 1. The van der Waals surface area contributed by atoms with Gasteiger partial charge in [0, 0.05) is 22.9 Å². The number of benzene rings is 2. The third-order valence-corrected chi connectivity index (χ3v) is 5.58. The average molecular weight is 430 g/mol. The molecule has 0 unspecified atom stereocenters. The Balaban J connectivity index is 1.60. The third-order valence-electron chi connectivity index (χ3n) is 4.01. The molecule has 0 aliphatic carbocycles. The highest BCUT2D eigenvalue weighted by molar-refractivity contribution is 9.10. The summed E-state index contributed by atoms with van der Waals surface area (Å²) in [6.07, 6.45) is 0.408. The maximum atomic E-state index is 12.6. The van der Waals surface area contributed by atoms with E-state index in [1.807, 2.05) is 18.2 Å². The number of carbonyl (C=O) groups excluding carboxylic acids is 3. The molecule has 130 valence electrons. The highest BCUT2D eigenvalue weighted by Crippen LogP contribution is 2.31.